The lowest BCUT2D eigenvalue weighted by atomic mass is 10.0. The van der Waals surface area contributed by atoms with Crippen LogP contribution in [0.5, 0.6) is 5.75 Å². The quantitative estimate of drug-likeness (QED) is 0.726. The molecule has 0 spiro atoms. The van der Waals surface area contributed by atoms with Gasteiger partial charge in [-0.15, -0.1) is 0 Å². The lowest BCUT2D eigenvalue weighted by molar-refractivity contribution is -0.0201. The van der Waals surface area contributed by atoms with Gasteiger partial charge in [0.25, 0.3) is 10.0 Å². The highest BCUT2D eigenvalue weighted by Gasteiger charge is 2.50. The number of nitriles is 1. The van der Waals surface area contributed by atoms with Crippen LogP contribution in [0.1, 0.15) is 5.56 Å². The van der Waals surface area contributed by atoms with Gasteiger partial charge in [0.2, 0.25) is 0 Å². The summed E-state index contributed by atoms with van der Waals surface area (Å²) < 4.78 is 46.0. The normalized spacial score (nSPS) is 22.8. The Morgan fingerprint density at radius 3 is 2.79 bits per heavy atom. The SMILES string of the molecule is N#Cc1ccc(O[C@H]2CN(S(=O)(=O)c3ccc(Cl)cn3)CC2(O)CN)cc1F. The second-order valence-electron chi connectivity index (χ2n) is 6.28. The van der Waals surface area contributed by atoms with E-state index in [2.05, 4.69) is 4.98 Å². The molecule has 1 unspecified atom stereocenters. The summed E-state index contributed by atoms with van der Waals surface area (Å²) in [7, 11) is -4.03. The zero-order chi connectivity index (χ0) is 20.5. The van der Waals surface area contributed by atoms with Crippen LogP contribution in [0.4, 0.5) is 4.39 Å². The Morgan fingerprint density at radius 2 is 2.21 bits per heavy atom. The molecule has 0 saturated carbocycles. The van der Waals surface area contributed by atoms with E-state index in [1.165, 1.54) is 30.5 Å². The van der Waals surface area contributed by atoms with Crippen molar-refractivity contribution in [2.75, 3.05) is 19.6 Å². The predicted octanol–water partition coefficient (Wildman–Crippen LogP) is 0.887. The Kier molecular flexibility index (Phi) is 5.56. The highest BCUT2D eigenvalue weighted by molar-refractivity contribution is 7.89. The number of halogens is 2. The van der Waals surface area contributed by atoms with Crippen molar-refractivity contribution in [2.45, 2.75) is 16.7 Å². The second-order valence-corrected chi connectivity index (χ2v) is 8.60. The molecule has 28 heavy (non-hydrogen) atoms. The first-order valence-corrected chi connectivity index (χ1v) is 9.92. The number of hydrogen-bond acceptors (Lipinski definition) is 7. The average Bonchev–Trinajstić information content (AvgIpc) is 3.00. The van der Waals surface area contributed by atoms with E-state index < -0.39 is 27.5 Å². The maximum atomic E-state index is 13.8. The van der Waals surface area contributed by atoms with Gasteiger partial charge in [0, 0.05) is 25.4 Å². The molecule has 2 aromatic rings. The molecule has 8 nitrogen and oxygen atoms in total. The first-order valence-electron chi connectivity index (χ1n) is 8.10. The van der Waals surface area contributed by atoms with Gasteiger partial charge in [-0.25, -0.2) is 17.8 Å². The predicted molar refractivity (Wildman–Crippen MR) is 97.5 cm³/mol. The summed E-state index contributed by atoms with van der Waals surface area (Å²) in [5.74, 6) is -0.749. The van der Waals surface area contributed by atoms with Crippen LogP contribution >= 0.6 is 11.6 Å². The third-order valence-electron chi connectivity index (χ3n) is 4.42. The Balaban J connectivity index is 1.86. The first-order chi connectivity index (χ1) is 13.2. The van der Waals surface area contributed by atoms with Crippen LogP contribution in [0.25, 0.3) is 0 Å². The fourth-order valence-corrected chi connectivity index (χ4v) is 4.35. The van der Waals surface area contributed by atoms with E-state index in [0.717, 1.165) is 10.4 Å². The van der Waals surface area contributed by atoms with Crippen molar-refractivity contribution in [3.8, 4) is 11.8 Å². The Morgan fingerprint density at radius 1 is 1.46 bits per heavy atom. The van der Waals surface area contributed by atoms with Crippen molar-refractivity contribution in [1.29, 1.82) is 5.26 Å². The molecule has 1 aromatic carbocycles. The van der Waals surface area contributed by atoms with Crippen LogP contribution in [0.15, 0.2) is 41.6 Å². The number of nitrogens with two attached hydrogens (primary N) is 1. The van der Waals surface area contributed by atoms with Gasteiger partial charge in [-0.2, -0.15) is 9.57 Å². The number of hydrogen-bond donors (Lipinski definition) is 2. The number of aliphatic hydroxyl groups is 1. The summed E-state index contributed by atoms with van der Waals surface area (Å²) >= 11 is 5.74. The number of nitrogens with zero attached hydrogens (tertiary/aromatic N) is 3. The van der Waals surface area contributed by atoms with Crippen LogP contribution < -0.4 is 10.5 Å². The van der Waals surface area contributed by atoms with Gasteiger partial charge in [-0.3, -0.25) is 0 Å². The Bertz CT molecular complexity index is 1030. The molecule has 1 aromatic heterocycles. The number of ether oxygens (including phenoxy) is 1. The third kappa shape index (κ3) is 3.80. The number of pyridine rings is 1. The zero-order valence-electron chi connectivity index (χ0n) is 14.4. The largest absolute Gasteiger partial charge is 0.486 e. The summed E-state index contributed by atoms with van der Waals surface area (Å²) in [5, 5.41) is 19.6. The molecule has 3 N–H and O–H groups in total. The summed E-state index contributed by atoms with van der Waals surface area (Å²) in [5.41, 5.74) is 3.80. The molecule has 1 aliphatic heterocycles. The summed E-state index contributed by atoms with van der Waals surface area (Å²) in [6, 6.07) is 7.91. The molecule has 2 heterocycles. The van der Waals surface area contributed by atoms with E-state index in [1.807, 2.05) is 0 Å². The minimum absolute atomic E-state index is 0.0391. The molecule has 0 amide bonds. The van der Waals surface area contributed by atoms with Crippen molar-refractivity contribution in [2.24, 2.45) is 5.73 Å². The Hall–Kier alpha value is -2.29. The molecule has 148 valence electrons. The maximum Gasteiger partial charge on any atom is 0.260 e. The number of benzene rings is 1. The molecular weight excluding hydrogens is 411 g/mol. The molecule has 2 atom stereocenters. The van der Waals surface area contributed by atoms with Crippen molar-refractivity contribution in [3.63, 3.8) is 0 Å². The van der Waals surface area contributed by atoms with Gasteiger partial charge < -0.3 is 15.6 Å². The minimum atomic E-state index is -4.03. The van der Waals surface area contributed by atoms with E-state index in [9.17, 15) is 17.9 Å². The van der Waals surface area contributed by atoms with E-state index in [-0.39, 0.29) is 41.0 Å². The number of aromatic nitrogens is 1. The van der Waals surface area contributed by atoms with E-state index in [1.54, 1.807) is 6.07 Å². The van der Waals surface area contributed by atoms with Crippen molar-refractivity contribution in [1.82, 2.24) is 9.29 Å². The van der Waals surface area contributed by atoms with Gasteiger partial charge in [0.05, 0.1) is 17.1 Å². The summed E-state index contributed by atoms with van der Waals surface area (Å²) in [6.07, 6.45) is 0.152. The average molecular weight is 427 g/mol. The molecule has 0 aliphatic carbocycles. The van der Waals surface area contributed by atoms with Crippen molar-refractivity contribution in [3.05, 3.63) is 52.9 Å². The number of rotatable bonds is 5. The number of sulfonamides is 1. The summed E-state index contributed by atoms with van der Waals surface area (Å²) in [4.78, 5) is 3.81. The Labute approximate surface area is 166 Å². The standard InChI is InChI=1S/C17H16ClFN4O4S/c18-12-2-4-16(22-7-12)28(25,26)23-8-15(17(24,9-21)10-23)27-13-3-1-11(6-20)14(19)5-13/h1-5,7,15,24H,8-10,21H2/t15-,17?/m0/s1. The molecule has 1 saturated heterocycles. The van der Waals surface area contributed by atoms with E-state index in [4.69, 9.17) is 27.3 Å². The maximum absolute atomic E-state index is 13.8. The van der Waals surface area contributed by atoms with E-state index >= 15 is 0 Å². The smallest absolute Gasteiger partial charge is 0.260 e. The lowest BCUT2D eigenvalue weighted by Crippen LogP contribution is -2.50. The third-order valence-corrected chi connectivity index (χ3v) is 6.37. The van der Waals surface area contributed by atoms with Crippen LogP contribution in [0.2, 0.25) is 5.02 Å². The van der Waals surface area contributed by atoms with Crippen molar-refractivity contribution >= 4 is 21.6 Å². The van der Waals surface area contributed by atoms with Gasteiger partial charge in [-0.05, 0) is 24.3 Å². The lowest BCUT2D eigenvalue weighted by Gasteiger charge is -2.27. The van der Waals surface area contributed by atoms with Crippen molar-refractivity contribution < 1.29 is 22.7 Å². The fraction of sp³-hybridized carbons (Fsp3) is 0.294. The highest BCUT2D eigenvalue weighted by Crippen LogP contribution is 2.30. The van der Waals surface area contributed by atoms with Crippen LogP contribution in [0.3, 0.4) is 0 Å². The van der Waals surface area contributed by atoms with Gasteiger partial charge in [0.1, 0.15) is 29.3 Å². The molecule has 1 aliphatic rings. The number of β-amino-alcohol motifs (C(OH)–C–C–N with tert-alkyl or cyclic N) is 1. The summed E-state index contributed by atoms with van der Waals surface area (Å²) in [6.45, 7) is -0.821. The van der Waals surface area contributed by atoms with Gasteiger partial charge in [-0.1, -0.05) is 11.6 Å². The first kappa shape index (κ1) is 20.4. The molecule has 3 rings (SSSR count). The molecule has 1 fully saturated rings. The molecule has 0 bridgehead atoms. The monoisotopic (exact) mass is 426 g/mol. The minimum Gasteiger partial charge on any atom is -0.486 e. The van der Waals surface area contributed by atoms with Gasteiger partial charge in [0.15, 0.2) is 5.03 Å². The molecule has 11 heteroatoms. The fourth-order valence-electron chi connectivity index (χ4n) is 2.82. The second kappa shape index (κ2) is 7.62. The van der Waals surface area contributed by atoms with Crippen LogP contribution in [-0.2, 0) is 10.0 Å². The van der Waals surface area contributed by atoms with Crippen LogP contribution in [0, 0.1) is 17.1 Å². The van der Waals surface area contributed by atoms with Crippen LogP contribution in [-0.4, -0.2) is 54.2 Å². The van der Waals surface area contributed by atoms with E-state index in [0.29, 0.717) is 0 Å². The zero-order valence-corrected chi connectivity index (χ0v) is 16.0. The molecule has 0 radical (unpaired) electrons. The molecular formula is C17H16ClFN4O4S. The topological polar surface area (TPSA) is 130 Å². The van der Waals surface area contributed by atoms with Gasteiger partial charge >= 0.3 is 0 Å². The highest BCUT2D eigenvalue weighted by atomic mass is 35.5.